The summed E-state index contributed by atoms with van der Waals surface area (Å²) in [6.45, 7) is 2.03. The van der Waals surface area contributed by atoms with Crippen LogP contribution in [-0.4, -0.2) is 18.1 Å². The molecule has 2 heterocycles. The van der Waals surface area contributed by atoms with Crippen LogP contribution in [0.1, 0.15) is 17.0 Å². The third-order valence-corrected chi connectivity index (χ3v) is 5.52. The van der Waals surface area contributed by atoms with Crippen molar-refractivity contribution in [3.05, 3.63) is 70.1 Å². The van der Waals surface area contributed by atoms with Crippen LogP contribution in [0.4, 0.5) is 0 Å². The molecule has 0 aliphatic carbocycles. The molecule has 1 aliphatic heterocycles. The molecule has 2 aromatic carbocycles. The van der Waals surface area contributed by atoms with Crippen molar-refractivity contribution in [2.75, 3.05) is 12.4 Å². The first kappa shape index (κ1) is 16.0. The van der Waals surface area contributed by atoms with Crippen molar-refractivity contribution in [2.24, 2.45) is 0 Å². The average molecular weight is 352 g/mol. The predicted octanol–water partition coefficient (Wildman–Crippen LogP) is 3.94. The SMILES string of the molecule is Cc1ccc(OCC(=O)C2CSc3ccc4oc(=O)ccc4c32)cc1. The van der Waals surface area contributed by atoms with Gasteiger partial charge >= 0.3 is 5.63 Å². The normalized spacial score (nSPS) is 16.0. The smallest absolute Gasteiger partial charge is 0.336 e. The highest BCUT2D eigenvalue weighted by atomic mass is 32.2. The third-order valence-electron chi connectivity index (χ3n) is 4.35. The van der Waals surface area contributed by atoms with E-state index < -0.39 is 0 Å². The molecular weight excluding hydrogens is 336 g/mol. The fourth-order valence-electron chi connectivity index (χ4n) is 3.04. The number of Topliss-reactive ketones (excluding diaryl/α,β-unsaturated/α-hetero) is 1. The minimum Gasteiger partial charge on any atom is -0.486 e. The topological polar surface area (TPSA) is 56.5 Å². The van der Waals surface area contributed by atoms with Crippen LogP contribution in [0, 0.1) is 6.92 Å². The van der Waals surface area contributed by atoms with Gasteiger partial charge in [0.2, 0.25) is 0 Å². The number of thioether (sulfide) groups is 1. The average Bonchev–Trinajstić information content (AvgIpc) is 3.05. The van der Waals surface area contributed by atoms with Crippen molar-refractivity contribution in [1.82, 2.24) is 0 Å². The van der Waals surface area contributed by atoms with E-state index in [0.29, 0.717) is 17.1 Å². The van der Waals surface area contributed by atoms with Crippen molar-refractivity contribution in [3.8, 4) is 5.75 Å². The van der Waals surface area contributed by atoms with Gasteiger partial charge in [0.15, 0.2) is 5.78 Å². The molecule has 1 unspecified atom stereocenters. The molecule has 126 valence electrons. The summed E-state index contributed by atoms with van der Waals surface area (Å²) in [5, 5.41) is 0.829. The second-order valence-corrected chi connectivity index (χ2v) is 7.14. The van der Waals surface area contributed by atoms with E-state index in [2.05, 4.69) is 0 Å². The van der Waals surface area contributed by atoms with Gasteiger partial charge in [-0.25, -0.2) is 4.79 Å². The number of ether oxygens (including phenoxy) is 1. The van der Waals surface area contributed by atoms with Crippen molar-refractivity contribution < 1.29 is 13.9 Å². The lowest BCUT2D eigenvalue weighted by molar-refractivity contribution is -0.121. The number of rotatable bonds is 4. The van der Waals surface area contributed by atoms with Crippen LogP contribution < -0.4 is 10.4 Å². The summed E-state index contributed by atoms with van der Waals surface area (Å²) >= 11 is 1.65. The maximum atomic E-state index is 12.7. The summed E-state index contributed by atoms with van der Waals surface area (Å²) in [6, 6.07) is 14.5. The van der Waals surface area contributed by atoms with E-state index in [1.807, 2.05) is 37.3 Å². The van der Waals surface area contributed by atoms with E-state index in [1.165, 1.54) is 6.07 Å². The Morgan fingerprint density at radius 3 is 2.76 bits per heavy atom. The van der Waals surface area contributed by atoms with Crippen LogP contribution in [-0.2, 0) is 4.79 Å². The van der Waals surface area contributed by atoms with Gasteiger partial charge in [0.1, 0.15) is 17.9 Å². The van der Waals surface area contributed by atoms with E-state index in [4.69, 9.17) is 9.15 Å². The van der Waals surface area contributed by atoms with Gasteiger partial charge in [-0.3, -0.25) is 4.79 Å². The van der Waals surface area contributed by atoms with Gasteiger partial charge in [-0.05, 0) is 42.8 Å². The Balaban J connectivity index is 1.60. The molecule has 1 atom stereocenters. The van der Waals surface area contributed by atoms with E-state index in [0.717, 1.165) is 21.4 Å². The van der Waals surface area contributed by atoms with E-state index >= 15 is 0 Å². The van der Waals surface area contributed by atoms with Gasteiger partial charge in [-0.2, -0.15) is 0 Å². The monoisotopic (exact) mass is 352 g/mol. The van der Waals surface area contributed by atoms with E-state index in [1.54, 1.807) is 23.9 Å². The maximum Gasteiger partial charge on any atom is 0.336 e. The minimum absolute atomic E-state index is 0.0287. The molecule has 4 rings (SSSR count). The van der Waals surface area contributed by atoms with Gasteiger partial charge in [0.25, 0.3) is 0 Å². The van der Waals surface area contributed by atoms with E-state index in [-0.39, 0.29) is 23.9 Å². The predicted molar refractivity (Wildman–Crippen MR) is 97.6 cm³/mol. The van der Waals surface area contributed by atoms with Gasteiger partial charge in [-0.1, -0.05) is 17.7 Å². The van der Waals surface area contributed by atoms with Gasteiger partial charge in [0.05, 0.1) is 5.92 Å². The summed E-state index contributed by atoms with van der Waals surface area (Å²) < 4.78 is 10.9. The molecule has 25 heavy (non-hydrogen) atoms. The van der Waals surface area contributed by atoms with Crippen molar-refractivity contribution in [3.63, 3.8) is 0 Å². The fraction of sp³-hybridized carbons (Fsp3) is 0.200. The Bertz CT molecular complexity index is 1000. The largest absolute Gasteiger partial charge is 0.486 e. The summed E-state index contributed by atoms with van der Waals surface area (Å²) in [6.07, 6.45) is 0. The van der Waals surface area contributed by atoms with Crippen molar-refractivity contribution >= 4 is 28.5 Å². The van der Waals surface area contributed by atoms with Crippen LogP contribution in [0.3, 0.4) is 0 Å². The molecule has 0 bridgehead atoms. The number of ketones is 1. The van der Waals surface area contributed by atoms with Gasteiger partial charge in [0, 0.05) is 22.1 Å². The zero-order valence-corrected chi connectivity index (χ0v) is 14.5. The highest BCUT2D eigenvalue weighted by Crippen LogP contribution is 2.43. The number of hydrogen-bond donors (Lipinski definition) is 0. The molecule has 1 aliphatic rings. The summed E-state index contributed by atoms with van der Waals surface area (Å²) in [7, 11) is 0. The van der Waals surface area contributed by atoms with Crippen LogP contribution in [0.5, 0.6) is 5.75 Å². The van der Waals surface area contributed by atoms with Crippen molar-refractivity contribution in [2.45, 2.75) is 17.7 Å². The lowest BCUT2D eigenvalue weighted by Crippen LogP contribution is -2.20. The number of carbonyl (C=O) groups is 1. The summed E-state index contributed by atoms with van der Waals surface area (Å²) in [4.78, 5) is 25.2. The molecule has 0 spiro atoms. The van der Waals surface area contributed by atoms with E-state index in [9.17, 15) is 9.59 Å². The Hall–Kier alpha value is -2.53. The standard InChI is InChI=1S/C20H16O4S/c1-12-2-4-13(5-3-12)23-10-16(21)15-11-25-18-8-7-17-14(20(15)18)6-9-19(22)24-17/h2-9,15H,10-11H2,1H3. The molecule has 0 saturated carbocycles. The van der Waals surface area contributed by atoms with Gasteiger partial charge in [-0.15, -0.1) is 11.8 Å². The van der Waals surface area contributed by atoms with Crippen LogP contribution in [0.25, 0.3) is 11.0 Å². The van der Waals surface area contributed by atoms with Crippen molar-refractivity contribution in [1.29, 1.82) is 0 Å². The second-order valence-electron chi connectivity index (χ2n) is 6.08. The van der Waals surface area contributed by atoms with Gasteiger partial charge < -0.3 is 9.15 Å². The molecule has 4 nitrogen and oxygen atoms in total. The third kappa shape index (κ3) is 3.07. The molecule has 0 amide bonds. The number of hydrogen-bond acceptors (Lipinski definition) is 5. The number of fused-ring (bicyclic) bond motifs is 3. The summed E-state index contributed by atoms with van der Waals surface area (Å²) in [5.41, 5.74) is 2.23. The highest BCUT2D eigenvalue weighted by molar-refractivity contribution is 7.99. The number of carbonyl (C=O) groups excluding carboxylic acids is 1. The lowest BCUT2D eigenvalue weighted by Gasteiger charge is -2.13. The zero-order valence-electron chi connectivity index (χ0n) is 13.7. The summed E-state index contributed by atoms with van der Waals surface area (Å²) in [5.74, 6) is 1.16. The van der Waals surface area contributed by atoms with Crippen LogP contribution in [0.15, 0.2) is 62.6 Å². The minimum atomic E-state index is -0.385. The molecule has 0 saturated heterocycles. The molecule has 0 N–H and O–H groups in total. The highest BCUT2D eigenvalue weighted by Gasteiger charge is 2.31. The first-order chi connectivity index (χ1) is 12.1. The number of benzene rings is 2. The fourth-order valence-corrected chi connectivity index (χ4v) is 4.31. The Kier molecular flexibility index (Phi) is 4.09. The second kappa shape index (κ2) is 6.41. The first-order valence-electron chi connectivity index (χ1n) is 8.03. The Morgan fingerprint density at radius 2 is 1.96 bits per heavy atom. The maximum absolute atomic E-state index is 12.7. The molecule has 5 heteroatoms. The van der Waals surface area contributed by atoms with Crippen LogP contribution in [0.2, 0.25) is 0 Å². The molecule has 1 aromatic heterocycles. The Labute approximate surface area is 148 Å². The molecule has 0 fully saturated rings. The Morgan fingerprint density at radius 1 is 1.16 bits per heavy atom. The quantitative estimate of drug-likeness (QED) is 0.666. The first-order valence-corrected chi connectivity index (χ1v) is 9.02. The molecule has 0 radical (unpaired) electrons. The van der Waals surface area contributed by atoms with Crippen LogP contribution >= 0.6 is 11.8 Å². The lowest BCUT2D eigenvalue weighted by atomic mass is 9.94. The molecule has 3 aromatic rings. The number of aryl methyl sites for hydroxylation is 1. The molecular formula is C20H16O4S. The zero-order chi connectivity index (χ0) is 17.4.